The molecule has 2 aliphatic heterocycles. The molecule has 116 valence electrons. The zero-order chi connectivity index (χ0) is 14.0. The minimum Gasteiger partial charge on any atom is -0.314 e. The Morgan fingerprint density at radius 2 is 1.90 bits per heavy atom. The van der Waals surface area contributed by atoms with Gasteiger partial charge in [-0.1, -0.05) is 12.8 Å². The highest BCUT2D eigenvalue weighted by Crippen LogP contribution is 2.31. The van der Waals surface area contributed by atoms with Crippen molar-refractivity contribution in [2.45, 2.75) is 57.0 Å². The van der Waals surface area contributed by atoms with Crippen LogP contribution in [0, 0.1) is 11.8 Å². The van der Waals surface area contributed by atoms with Gasteiger partial charge in [-0.2, -0.15) is 0 Å². The van der Waals surface area contributed by atoms with Gasteiger partial charge in [-0.3, -0.25) is 0 Å². The Morgan fingerprint density at radius 3 is 2.60 bits per heavy atom. The Labute approximate surface area is 123 Å². The molecule has 0 radical (unpaired) electrons. The van der Waals surface area contributed by atoms with Gasteiger partial charge in [-0.05, 0) is 57.0 Å². The lowest BCUT2D eigenvalue weighted by Gasteiger charge is -2.37. The molecular formula is C15H28N2O2S. The molecule has 3 rings (SSSR count). The summed E-state index contributed by atoms with van der Waals surface area (Å²) >= 11 is 0. The molecule has 0 aromatic carbocycles. The summed E-state index contributed by atoms with van der Waals surface area (Å²) in [4.78, 5) is 0. The van der Waals surface area contributed by atoms with Crippen molar-refractivity contribution < 1.29 is 8.42 Å². The summed E-state index contributed by atoms with van der Waals surface area (Å²) in [6.45, 7) is 2.07. The molecular weight excluding hydrogens is 272 g/mol. The van der Waals surface area contributed by atoms with E-state index in [-0.39, 0.29) is 0 Å². The summed E-state index contributed by atoms with van der Waals surface area (Å²) < 4.78 is 23.1. The van der Waals surface area contributed by atoms with E-state index in [1.54, 1.807) is 0 Å². The molecule has 20 heavy (non-hydrogen) atoms. The van der Waals surface area contributed by atoms with Gasteiger partial charge in [0.25, 0.3) is 0 Å². The van der Waals surface area contributed by atoms with Crippen LogP contribution in [0.15, 0.2) is 0 Å². The summed E-state index contributed by atoms with van der Waals surface area (Å²) in [5, 5.41) is 7.39. The van der Waals surface area contributed by atoms with Crippen molar-refractivity contribution in [2.24, 2.45) is 11.8 Å². The molecule has 1 aliphatic carbocycles. The maximum Gasteiger partial charge on any atom is 0.150 e. The van der Waals surface area contributed by atoms with Crippen LogP contribution in [0.5, 0.6) is 0 Å². The van der Waals surface area contributed by atoms with Crippen molar-refractivity contribution in [3.05, 3.63) is 0 Å². The van der Waals surface area contributed by atoms with E-state index >= 15 is 0 Å². The van der Waals surface area contributed by atoms with Crippen LogP contribution < -0.4 is 10.6 Å². The molecule has 4 atom stereocenters. The van der Waals surface area contributed by atoms with Crippen molar-refractivity contribution in [3.8, 4) is 0 Å². The SMILES string of the molecule is O=S1(=O)CCC(CNC2CCCCC2C2CCCN2)C1. The minimum atomic E-state index is -2.73. The van der Waals surface area contributed by atoms with Crippen LogP contribution in [0.25, 0.3) is 0 Å². The van der Waals surface area contributed by atoms with E-state index in [0.717, 1.165) is 18.9 Å². The Hall–Kier alpha value is -0.130. The standard InChI is InChI=1S/C15H28N2O2S/c18-20(19)9-7-12(11-20)10-17-15-5-2-1-4-13(15)14-6-3-8-16-14/h12-17H,1-11H2. The predicted molar refractivity (Wildman–Crippen MR) is 81.5 cm³/mol. The fourth-order valence-corrected chi connectivity index (χ4v) is 6.18. The van der Waals surface area contributed by atoms with Crippen molar-refractivity contribution in [3.63, 3.8) is 0 Å². The van der Waals surface area contributed by atoms with Crippen LogP contribution in [0.3, 0.4) is 0 Å². The van der Waals surface area contributed by atoms with Gasteiger partial charge in [0, 0.05) is 12.1 Å². The third kappa shape index (κ3) is 3.55. The van der Waals surface area contributed by atoms with Gasteiger partial charge in [0.2, 0.25) is 0 Å². The van der Waals surface area contributed by atoms with E-state index in [2.05, 4.69) is 10.6 Å². The molecule has 0 aromatic rings. The van der Waals surface area contributed by atoms with E-state index in [9.17, 15) is 8.42 Å². The molecule has 2 heterocycles. The van der Waals surface area contributed by atoms with Crippen LogP contribution in [0.4, 0.5) is 0 Å². The highest BCUT2D eigenvalue weighted by molar-refractivity contribution is 7.91. The smallest absolute Gasteiger partial charge is 0.150 e. The summed E-state index contributed by atoms with van der Waals surface area (Å²) in [6, 6.07) is 1.29. The number of rotatable bonds is 4. The first-order valence-electron chi connectivity index (χ1n) is 8.31. The van der Waals surface area contributed by atoms with Crippen molar-refractivity contribution in [1.29, 1.82) is 0 Å². The highest BCUT2D eigenvalue weighted by Gasteiger charge is 2.34. The third-order valence-electron chi connectivity index (χ3n) is 5.43. The van der Waals surface area contributed by atoms with E-state index < -0.39 is 9.84 Å². The van der Waals surface area contributed by atoms with Gasteiger partial charge in [-0.25, -0.2) is 8.42 Å². The Kier molecular flexibility index (Phi) is 4.68. The molecule has 2 saturated heterocycles. The van der Waals surface area contributed by atoms with Gasteiger partial charge in [0.1, 0.15) is 0 Å². The molecule has 0 spiro atoms. The summed E-state index contributed by atoms with van der Waals surface area (Å²) in [5.74, 6) is 1.90. The Bertz CT molecular complexity index is 418. The van der Waals surface area contributed by atoms with Crippen LogP contribution in [-0.2, 0) is 9.84 Å². The Balaban J connectivity index is 1.52. The van der Waals surface area contributed by atoms with E-state index in [4.69, 9.17) is 0 Å². The normalized spacial score (nSPS) is 41.0. The lowest BCUT2D eigenvalue weighted by molar-refractivity contribution is 0.210. The second kappa shape index (κ2) is 6.32. The average Bonchev–Trinajstić information content (AvgIpc) is 3.06. The lowest BCUT2D eigenvalue weighted by atomic mass is 9.79. The van der Waals surface area contributed by atoms with Crippen molar-refractivity contribution >= 4 is 9.84 Å². The largest absolute Gasteiger partial charge is 0.314 e. The fraction of sp³-hybridized carbons (Fsp3) is 1.00. The van der Waals surface area contributed by atoms with E-state index in [1.807, 2.05) is 0 Å². The first kappa shape index (κ1) is 14.8. The van der Waals surface area contributed by atoms with Crippen LogP contribution in [-0.4, -0.2) is 45.1 Å². The Morgan fingerprint density at radius 1 is 1.05 bits per heavy atom. The summed E-state index contributed by atoms with van der Waals surface area (Å²) in [5.41, 5.74) is 0. The number of hydrogen-bond acceptors (Lipinski definition) is 4. The van der Waals surface area contributed by atoms with Gasteiger partial charge in [0.15, 0.2) is 9.84 Å². The van der Waals surface area contributed by atoms with Crippen LogP contribution >= 0.6 is 0 Å². The molecule has 3 aliphatic rings. The van der Waals surface area contributed by atoms with Crippen molar-refractivity contribution in [1.82, 2.24) is 10.6 Å². The maximum absolute atomic E-state index is 11.5. The molecule has 4 unspecified atom stereocenters. The molecule has 2 N–H and O–H groups in total. The second-order valence-corrected chi connectivity index (χ2v) is 9.16. The number of sulfone groups is 1. The van der Waals surface area contributed by atoms with Crippen LogP contribution in [0.1, 0.15) is 44.9 Å². The van der Waals surface area contributed by atoms with Gasteiger partial charge in [0.05, 0.1) is 11.5 Å². The summed E-state index contributed by atoms with van der Waals surface area (Å²) in [7, 11) is -2.73. The van der Waals surface area contributed by atoms with Gasteiger partial charge in [-0.15, -0.1) is 0 Å². The monoisotopic (exact) mass is 300 g/mol. The first-order valence-corrected chi connectivity index (χ1v) is 10.1. The molecule has 0 amide bonds. The van der Waals surface area contributed by atoms with E-state index in [0.29, 0.717) is 29.5 Å². The highest BCUT2D eigenvalue weighted by atomic mass is 32.2. The maximum atomic E-state index is 11.5. The van der Waals surface area contributed by atoms with Gasteiger partial charge < -0.3 is 10.6 Å². The zero-order valence-corrected chi connectivity index (χ0v) is 13.1. The predicted octanol–water partition coefficient (Wildman–Crippen LogP) is 1.32. The topological polar surface area (TPSA) is 58.2 Å². The summed E-state index contributed by atoms with van der Waals surface area (Å²) in [6.07, 6.45) is 8.77. The van der Waals surface area contributed by atoms with E-state index in [1.165, 1.54) is 45.1 Å². The number of nitrogens with one attached hydrogen (secondary N) is 2. The number of hydrogen-bond donors (Lipinski definition) is 2. The zero-order valence-electron chi connectivity index (χ0n) is 12.3. The molecule has 3 fully saturated rings. The minimum absolute atomic E-state index is 0.346. The molecule has 1 saturated carbocycles. The van der Waals surface area contributed by atoms with Crippen LogP contribution in [0.2, 0.25) is 0 Å². The first-order chi connectivity index (χ1) is 9.64. The van der Waals surface area contributed by atoms with Crippen molar-refractivity contribution in [2.75, 3.05) is 24.6 Å². The second-order valence-electron chi connectivity index (χ2n) is 6.93. The molecule has 0 bridgehead atoms. The molecule has 0 aromatic heterocycles. The molecule has 5 heteroatoms. The fourth-order valence-electron chi connectivity index (χ4n) is 4.32. The molecule has 4 nitrogen and oxygen atoms in total. The van der Waals surface area contributed by atoms with Gasteiger partial charge >= 0.3 is 0 Å². The average molecular weight is 300 g/mol. The lowest BCUT2D eigenvalue weighted by Crippen LogP contribution is -2.48. The quantitative estimate of drug-likeness (QED) is 0.822. The third-order valence-corrected chi connectivity index (χ3v) is 7.27.